The third-order valence-electron chi connectivity index (χ3n) is 4.70. The van der Waals surface area contributed by atoms with Crippen molar-refractivity contribution in [3.05, 3.63) is 52.1 Å². The number of carbonyl (C=O) groups is 1. The summed E-state index contributed by atoms with van der Waals surface area (Å²) in [5.41, 5.74) is 2.17. The summed E-state index contributed by atoms with van der Waals surface area (Å²) in [6.07, 6.45) is 4.24. The highest BCUT2D eigenvalue weighted by Crippen LogP contribution is 2.28. The molecule has 0 radical (unpaired) electrons. The summed E-state index contributed by atoms with van der Waals surface area (Å²) in [6.45, 7) is 4.66. The van der Waals surface area contributed by atoms with E-state index in [-0.39, 0.29) is 5.78 Å². The number of thiophene rings is 1. The van der Waals surface area contributed by atoms with E-state index in [1.54, 1.807) is 18.3 Å². The van der Waals surface area contributed by atoms with E-state index in [9.17, 15) is 4.79 Å². The van der Waals surface area contributed by atoms with Gasteiger partial charge in [-0.25, -0.2) is 0 Å². The fourth-order valence-corrected chi connectivity index (χ4v) is 4.20. The Hall–Kier alpha value is -2.05. The first-order valence-corrected chi connectivity index (χ1v) is 9.19. The van der Waals surface area contributed by atoms with Crippen molar-refractivity contribution < 1.29 is 4.79 Å². The molecule has 0 atom stereocenters. The van der Waals surface area contributed by atoms with E-state index in [1.165, 1.54) is 5.56 Å². The Balaban J connectivity index is 1.40. The number of carbonyl (C=O) groups excluding carboxylic acids is 1. The molecule has 3 aromatic heterocycles. The average Bonchev–Trinajstić information content (AvgIpc) is 3.23. The van der Waals surface area contributed by atoms with E-state index in [0.717, 1.165) is 48.8 Å². The van der Waals surface area contributed by atoms with Crippen molar-refractivity contribution in [3.63, 3.8) is 0 Å². The second-order valence-electron chi connectivity index (χ2n) is 6.41. The molecule has 6 heteroatoms. The quantitative estimate of drug-likeness (QED) is 0.683. The molecule has 4 heterocycles. The van der Waals surface area contributed by atoms with Crippen LogP contribution in [-0.2, 0) is 6.54 Å². The minimum Gasteiger partial charge on any atom is -0.299 e. The van der Waals surface area contributed by atoms with Gasteiger partial charge in [0, 0.05) is 18.7 Å². The molecule has 1 aliphatic rings. The number of aromatic nitrogens is 3. The number of piperidine rings is 1. The van der Waals surface area contributed by atoms with E-state index < -0.39 is 0 Å². The smallest absolute Gasteiger partial charge is 0.169 e. The molecule has 0 N–H and O–H groups in total. The number of rotatable bonds is 4. The first-order valence-electron chi connectivity index (χ1n) is 8.31. The Kier molecular flexibility index (Phi) is 4.16. The molecule has 0 aromatic carbocycles. The van der Waals surface area contributed by atoms with Crippen molar-refractivity contribution in [1.82, 2.24) is 19.5 Å². The Morgan fingerprint density at radius 1 is 1.29 bits per heavy atom. The molecule has 0 amide bonds. The van der Waals surface area contributed by atoms with E-state index >= 15 is 0 Å². The fraction of sp³-hybridized carbons (Fsp3) is 0.389. The second-order valence-corrected chi connectivity index (χ2v) is 7.32. The molecule has 0 aliphatic carbocycles. The normalized spacial score (nSPS) is 16.7. The molecule has 1 aliphatic heterocycles. The Labute approximate surface area is 144 Å². The standard InChI is InChI=1S/C18H20N4OS/c1-13(23)16-10-14(12-24-16)11-21-8-5-15(6-9-21)18-20-19-17-4-2-3-7-22(17)18/h2-4,7,10,12,15H,5-6,8-9,11H2,1H3. The maximum atomic E-state index is 11.4. The lowest BCUT2D eigenvalue weighted by atomic mass is 9.95. The summed E-state index contributed by atoms with van der Waals surface area (Å²) in [4.78, 5) is 14.7. The van der Waals surface area contributed by atoms with Crippen LogP contribution < -0.4 is 0 Å². The van der Waals surface area contributed by atoms with Gasteiger partial charge < -0.3 is 0 Å². The van der Waals surface area contributed by atoms with Gasteiger partial charge in [-0.05, 0) is 62.0 Å². The Morgan fingerprint density at radius 3 is 2.88 bits per heavy atom. The fourth-order valence-electron chi connectivity index (χ4n) is 3.39. The summed E-state index contributed by atoms with van der Waals surface area (Å²) >= 11 is 1.55. The molecular formula is C18H20N4OS. The van der Waals surface area contributed by atoms with Crippen molar-refractivity contribution in [2.75, 3.05) is 13.1 Å². The first kappa shape index (κ1) is 15.5. The molecule has 1 fully saturated rings. The van der Waals surface area contributed by atoms with Gasteiger partial charge in [-0.15, -0.1) is 21.5 Å². The van der Waals surface area contributed by atoms with Crippen molar-refractivity contribution in [1.29, 1.82) is 0 Å². The number of pyridine rings is 1. The molecule has 0 spiro atoms. The maximum Gasteiger partial charge on any atom is 0.169 e. The van der Waals surface area contributed by atoms with Crippen LogP contribution in [0.5, 0.6) is 0 Å². The molecule has 1 saturated heterocycles. The van der Waals surface area contributed by atoms with Crippen LogP contribution in [-0.4, -0.2) is 38.4 Å². The van der Waals surface area contributed by atoms with Gasteiger partial charge in [0.1, 0.15) is 5.82 Å². The van der Waals surface area contributed by atoms with E-state index in [4.69, 9.17) is 0 Å². The van der Waals surface area contributed by atoms with Gasteiger partial charge in [0.15, 0.2) is 11.4 Å². The lowest BCUT2D eigenvalue weighted by molar-refractivity contribution is 0.102. The minimum absolute atomic E-state index is 0.156. The molecule has 0 saturated carbocycles. The third kappa shape index (κ3) is 2.99. The van der Waals surface area contributed by atoms with Gasteiger partial charge in [0.2, 0.25) is 0 Å². The Bertz CT molecular complexity index is 861. The third-order valence-corrected chi connectivity index (χ3v) is 5.78. The van der Waals surface area contributed by atoms with Crippen molar-refractivity contribution in [3.8, 4) is 0 Å². The number of likely N-dealkylation sites (tertiary alicyclic amines) is 1. The van der Waals surface area contributed by atoms with Crippen molar-refractivity contribution in [2.24, 2.45) is 0 Å². The second kappa shape index (κ2) is 6.45. The van der Waals surface area contributed by atoms with Crippen LogP contribution in [0.25, 0.3) is 5.65 Å². The van der Waals surface area contributed by atoms with Crippen LogP contribution in [0.2, 0.25) is 0 Å². The van der Waals surface area contributed by atoms with Gasteiger partial charge in [-0.3, -0.25) is 14.1 Å². The molecule has 124 valence electrons. The van der Waals surface area contributed by atoms with Crippen molar-refractivity contribution in [2.45, 2.75) is 32.2 Å². The summed E-state index contributed by atoms with van der Waals surface area (Å²) in [5, 5.41) is 10.8. The Morgan fingerprint density at radius 2 is 2.12 bits per heavy atom. The van der Waals surface area contributed by atoms with E-state index in [0.29, 0.717) is 5.92 Å². The van der Waals surface area contributed by atoms with E-state index in [2.05, 4.69) is 24.9 Å². The average molecular weight is 340 g/mol. The minimum atomic E-state index is 0.156. The van der Waals surface area contributed by atoms with Crippen LogP contribution >= 0.6 is 11.3 Å². The van der Waals surface area contributed by atoms with Crippen LogP contribution in [0.15, 0.2) is 35.8 Å². The largest absolute Gasteiger partial charge is 0.299 e. The highest BCUT2D eigenvalue weighted by Gasteiger charge is 2.24. The number of nitrogens with zero attached hydrogens (tertiary/aromatic N) is 4. The summed E-state index contributed by atoms with van der Waals surface area (Å²) < 4.78 is 2.11. The van der Waals surface area contributed by atoms with Crippen LogP contribution in [0.1, 0.15) is 46.7 Å². The van der Waals surface area contributed by atoms with Gasteiger partial charge in [0.25, 0.3) is 0 Å². The van der Waals surface area contributed by atoms with Crippen molar-refractivity contribution >= 4 is 22.8 Å². The summed E-state index contributed by atoms with van der Waals surface area (Å²) in [5.74, 6) is 1.71. The zero-order valence-corrected chi connectivity index (χ0v) is 14.5. The zero-order valence-electron chi connectivity index (χ0n) is 13.7. The van der Waals surface area contributed by atoms with Crippen LogP contribution in [0.3, 0.4) is 0 Å². The predicted molar refractivity (Wildman–Crippen MR) is 94.6 cm³/mol. The highest BCUT2D eigenvalue weighted by molar-refractivity contribution is 7.12. The monoisotopic (exact) mass is 340 g/mol. The summed E-state index contributed by atoms with van der Waals surface area (Å²) in [6, 6.07) is 8.05. The molecule has 4 rings (SSSR count). The molecule has 5 nitrogen and oxygen atoms in total. The molecule has 24 heavy (non-hydrogen) atoms. The van der Waals surface area contributed by atoms with Gasteiger partial charge in [-0.1, -0.05) is 6.07 Å². The molecule has 0 bridgehead atoms. The first-order chi connectivity index (χ1) is 11.7. The number of hydrogen-bond acceptors (Lipinski definition) is 5. The van der Waals surface area contributed by atoms with Gasteiger partial charge in [0.05, 0.1) is 4.88 Å². The molecular weight excluding hydrogens is 320 g/mol. The van der Waals surface area contributed by atoms with Crippen LogP contribution in [0, 0.1) is 0 Å². The lowest BCUT2D eigenvalue weighted by Gasteiger charge is -2.30. The van der Waals surface area contributed by atoms with Gasteiger partial charge >= 0.3 is 0 Å². The van der Waals surface area contributed by atoms with Gasteiger partial charge in [-0.2, -0.15) is 0 Å². The molecule has 3 aromatic rings. The lowest BCUT2D eigenvalue weighted by Crippen LogP contribution is -2.32. The SMILES string of the molecule is CC(=O)c1cc(CN2CCC(c3nnc4ccccn34)CC2)cs1. The maximum absolute atomic E-state index is 11.4. The number of hydrogen-bond donors (Lipinski definition) is 0. The number of Topliss-reactive ketones (excluding diaryl/α,β-unsaturated/α-hetero) is 1. The van der Waals surface area contributed by atoms with E-state index in [1.807, 2.05) is 30.5 Å². The number of fused-ring (bicyclic) bond motifs is 1. The molecule has 0 unspecified atom stereocenters. The topological polar surface area (TPSA) is 50.5 Å². The predicted octanol–water partition coefficient (Wildman–Crippen LogP) is 3.37. The highest BCUT2D eigenvalue weighted by atomic mass is 32.1. The van der Waals surface area contributed by atoms with Crippen LogP contribution in [0.4, 0.5) is 0 Å². The zero-order chi connectivity index (χ0) is 16.5. The number of ketones is 1. The summed E-state index contributed by atoms with van der Waals surface area (Å²) in [7, 11) is 0.